The third kappa shape index (κ3) is 3.09. The lowest BCUT2D eigenvalue weighted by Crippen LogP contribution is -2.45. The van der Waals surface area contributed by atoms with Crippen LogP contribution in [-0.2, 0) is 4.74 Å². The minimum atomic E-state index is -0.588. The zero-order chi connectivity index (χ0) is 14.2. The van der Waals surface area contributed by atoms with Gasteiger partial charge >= 0.3 is 12.0 Å². The standard InChI is InChI=1S/C12H15BrN2O4/c1-12(2,3)19-11(16)14-4-5-18-10-9(14)6-8(13)7-15(10)17/h6-7H,4-5H2,1-3H3. The number of carbonyl (C=O) groups excluding carboxylic acids is 1. The highest BCUT2D eigenvalue weighted by molar-refractivity contribution is 9.10. The third-order valence-corrected chi connectivity index (χ3v) is 2.83. The fourth-order valence-electron chi connectivity index (χ4n) is 1.70. The molecule has 2 rings (SSSR count). The van der Waals surface area contributed by atoms with Crippen molar-refractivity contribution in [1.29, 1.82) is 0 Å². The van der Waals surface area contributed by atoms with E-state index in [1.54, 1.807) is 26.8 Å². The van der Waals surface area contributed by atoms with Crippen LogP contribution >= 0.6 is 15.9 Å². The van der Waals surface area contributed by atoms with Crippen molar-refractivity contribution in [1.82, 2.24) is 0 Å². The lowest BCUT2D eigenvalue weighted by Gasteiger charge is -2.30. The smallest absolute Gasteiger partial charge is 0.415 e. The van der Waals surface area contributed by atoms with Crippen LogP contribution in [0.15, 0.2) is 16.7 Å². The Bertz CT molecular complexity index is 513. The van der Waals surface area contributed by atoms with Crippen molar-refractivity contribution in [3.05, 3.63) is 21.9 Å². The molecule has 0 spiro atoms. The van der Waals surface area contributed by atoms with Gasteiger partial charge in [-0.25, -0.2) is 4.79 Å². The van der Waals surface area contributed by atoms with E-state index in [-0.39, 0.29) is 12.5 Å². The number of amides is 1. The van der Waals surface area contributed by atoms with E-state index in [0.29, 0.717) is 21.4 Å². The van der Waals surface area contributed by atoms with Crippen LogP contribution in [-0.4, -0.2) is 24.8 Å². The van der Waals surface area contributed by atoms with E-state index in [1.807, 2.05) is 0 Å². The summed E-state index contributed by atoms with van der Waals surface area (Å²) < 4.78 is 11.8. The predicted octanol–water partition coefficient (Wildman–Crippen LogP) is 2.22. The summed E-state index contributed by atoms with van der Waals surface area (Å²) in [5, 5.41) is 11.7. The summed E-state index contributed by atoms with van der Waals surface area (Å²) in [5.74, 6) is 0.111. The Labute approximate surface area is 119 Å². The third-order valence-electron chi connectivity index (χ3n) is 2.39. The van der Waals surface area contributed by atoms with E-state index in [2.05, 4.69) is 15.9 Å². The number of hydrogen-bond acceptors (Lipinski definition) is 4. The minimum Gasteiger partial charge on any atom is -0.616 e. The Balaban J connectivity index is 2.34. The van der Waals surface area contributed by atoms with E-state index >= 15 is 0 Å². The maximum atomic E-state index is 12.1. The molecule has 0 unspecified atom stereocenters. The highest BCUT2D eigenvalue weighted by atomic mass is 79.9. The topological polar surface area (TPSA) is 65.7 Å². The lowest BCUT2D eigenvalue weighted by atomic mass is 10.2. The Morgan fingerprint density at radius 3 is 2.89 bits per heavy atom. The van der Waals surface area contributed by atoms with Gasteiger partial charge in [0.05, 0.1) is 11.0 Å². The zero-order valence-corrected chi connectivity index (χ0v) is 12.6. The first-order valence-electron chi connectivity index (χ1n) is 5.84. The first-order valence-corrected chi connectivity index (χ1v) is 6.63. The largest absolute Gasteiger partial charge is 0.616 e. The number of fused-ring (bicyclic) bond motifs is 1. The predicted molar refractivity (Wildman–Crippen MR) is 72.2 cm³/mol. The first-order chi connectivity index (χ1) is 8.78. The van der Waals surface area contributed by atoms with Crippen LogP contribution in [0.25, 0.3) is 0 Å². The van der Waals surface area contributed by atoms with Gasteiger partial charge in [-0.15, -0.1) is 4.73 Å². The van der Waals surface area contributed by atoms with Gasteiger partial charge in [-0.1, -0.05) is 0 Å². The van der Waals surface area contributed by atoms with Gasteiger partial charge in [0.25, 0.3) is 0 Å². The second-order valence-corrected chi connectivity index (χ2v) is 6.07. The zero-order valence-electron chi connectivity index (χ0n) is 11.0. The number of pyridine rings is 1. The number of ether oxygens (including phenoxy) is 2. The van der Waals surface area contributed by atoms with Crippen LogP contribution < -0.4 is 14.4 Å². The molecule has 0 radical (unpaired) electrons. The Morgan fingerprint density at radius 1 is 1.58 bits per heavy atom. The molecule has 1 amide bonds. The van der Waals surface area contributed by atoms with Crippen molar-refractivity contribution in [3.63, 3.8) is 0 Å². The molecule has 1 aromatic heterocycles. The van der Waals surface area contributed by atoms with Crippen LogP contribution in [0.4, 0.5) is 10.5 Å². The van der Waals surface area contributed by atoms with Crippen molar-refractivity contribution in [2.24, 2.45) is 0 Å². The van der Waals surface area contributed by atoms with Crippen molar-refractivity contribution >= 4 is 27.7 Å². The molecular weight excluding hydrogens is 316 g/mol. The summed E-state index contributed by atoms with van der Waals surface area (Å²) in [5.41, 5.74) is -0.181. The molecule has 0 aliphatic carbocycles. The molecule has 0 fully saturated rings. The van der Waals surface area contributed by atoms with Gasteiger partial charge in [0.15, 0.2) is 11.9 Å². The molecule has 6 nitrogen and oxygen atoms in total. The van der Waals surface area contributed by atoms with Gasteiger partial charge in [-0.2, -0.15) is 0 Å². The second-order valence-electron chi connectivity index (χ2n) is 5.15. The van der Waals surface area contributed by atoms with Crippen LogP contribution in [0, 0.1) is 5.21 Å². The normalized spacial score (nSPS) is 14.6. The fourth-order valence-corrected chi connectivity index (χ4v) is 2.11. The molecule has 0 aromatic carbocycles. The molecule has 0 N–H and O–H groups in total. The molecule has 0 saturated carbocycles. The molecule has 0 atom stereocenters. The molecule has 0 bridgehead atoms. The number of halogens is 1. The SMILES string of the molecule is CC(C)(C)OC(=O)N1CCOc2c1cc(Br)c[n+]2[O-]. The molecule has 7 heteroatoms. The Hall–Kier alpha value is -1.50. The summed E-state index contributed by atoms with van der Waals surface area (Å²) in [6.07, 6.45) is 0.840. The lowest BCUT2D eigenvalue weighted by molar-refractivity contribution is -0.613. The summed E-state index contributed by atoms with van der Waals surface area (Å²) in [6, 6.07) is 1.66. The first kappa shape index (κ1) is 13.9. The van der Waals surface area contributed by atoms with Crippen molar-refractivity contribution in [2.45, 2.75) is 26.4 Å². The number of hydrogen-bond donors (Lipinski definition) is 0. The molecule has 19 heavy (non-hydrogen) atoms. The van der Waals surface area contributed by atoms with Gasteiger partial charge in [0, 0.05) is 0 Å². The molecule has 0 saturated heterocycles. The van der Waals surface area contributed by atoms with E-state index < -0.39 is 11.7 Å². The summed E-state index contributed by atoms with van der Waals surface area (Å²) in [4.78, 5) is 13.5. The van der Waals surface area contributed by atoms with Crippen molar-refractivity contribution in [2.75, 3.05) is 18.1 Å². The Kier molecular flexibility index (Phi) is 3.58. The summed E-state index contributed by atoms with van der Waals surface area (Å²) in [6.45, 7) is 5.98. The van der Waals surface area contributed by atoms with Gasteiger partial charge in [-0.05, 0) is 42.8 Å². The summed E-state index contributed by atoms with van der Waals surface area (Å²) >= 11 is 3.22. The Morgan fingerprint density at radius 2 is 2.26 bits per heavy atom. The molecule has 104 valence electrons. The van der Waals surface area contributed by atoms with Crippen LogP contribution in [0.3, 0.4) is 0 Å². The van der Waals surface area contributed by atoms with Gasteiger partial charge in [0.1, 0.15) is 12.2 Å². The number of carbonyl (C=O) groups is 1. The monoisotopic (exact) mass is 330 g/mol. The van der Waals surface area contributed by atoms with Gasteiger partial charge in [0.2, 0.25) is 0 Å². The highest BCUT2D eigenvalue weighted by Gasteiger charge is 2.33. The maximum Gasteiger partial charge on any atom is 0.415 e. The quantitative estimate of drug-likeness (QED) is 0.540. The van der Waals surface area contributed by atoms with Gasteiger partial charge in [-0.3, -0.25) is 4.90 Å². The average molecular weight is 331 g/mol. The van der Waals surface area contributed by atoms with Crippen LogP contribution in [0.2, 0.25) is 0 Å². The molecule has 1 aliphatic rings. The minimum absolute atomic E-state index is 0.111. The maximum absolute atomic E-state index is 12.1. The van der Waals surface area contributed by atoms with E-state index in [9.17, 15) is 10.0 Å². The summed E-state index contributed by atoms with van der Waals surface area (Å²) in [7, 11) is 0. The van der Waals surface area contributed by atoms with Gasteiger partial charge < -0.3 is 14.7 Å². The van der Waals surface area contributed by atoms with Crippen LogP contribution in [0.1, 0.15) is 20.8 Å². The number of nitrogens with zero attached hydrogens (tertiary/aromatic N) is 2. The number of rotatable bonds is 0. The van der Waals surface area contributed by atoms with Crippen molar-refractivity contribution < 1.29 is 19.0 Å². The highest BCUT2D eigenvalue weighted by Crippen LogP contribution is 2.31. The van der Waals surface area contributed by atoms with Crippen LogP contribution in [0.5, 0.6) is 5.88 Å². The molecule has 1 aliphatic heterocycles. The molecule has 2 heterocycles. The van der Waals surface area contributed by atoms with E-state index in [0.717, 1.165) is 0 Å². The fraction of sp³-hybridized carbons (Fsp3) is 0.500. The number of aromatic nitrogens is 1. The van der Waals surface area contributed by atoms with E-state index in [1.165, 1.54) is 11.1 Å². The second kappa shape index (κ2) is 4.88. The van der Waals surface area contributed by atoms with E-state index in [4.69, 9.17) is 9.47 Å². The molecule has 1 aromatic rings. The average Bonchev–Trinajstić information content (AvgIpc) is 2.25. The molecular formula is C12H15BrN2O4. The van der Waals surface area contributed by atoms with Crippen molar-refractivity contribution in [3.8, 4) is 5.88 Å². The number of anilines is 1.